The van der Waals surface area contributed by atoms with Crippen LogP contribution in [0.2, 0.25) is 0 Å². The molecule has 2 N–H and O–H groups in total. The van der Waals surface area contributed by atoms with Gasteiger partial charge in [-0.2, -0.15) is 0 Å². The van der Waals surface area contributed by atoms with Crippen molar-refractivity contribution in [2.75, 3.05) is 25.4 Å². The number of amides is 2. The molecule has 1 atom stereocenters. The molecule has 0 saturated carbocycles. The lowest BCUT2D eigenvalue weighted by Gasteiger charge is -2.39. The molecule has 0 aromatic heterocycles. The molecule has 0 aliphatic carbocycles. The fourth-order valence-corrected chi connectivity index (χ4v) is 3.23. The molecule has 2 amide bonds. The molecule has 6 heteroatoms. The summed E-state index contributed by atoms with van der Waals surface area (Å²) in [5.74, 6) is -0.246. The zero-order valence-electron chi connectivity index (χ0n) is 13.9. The second-order valence-electron chi connectivity index (χ2n) is 6.73. The molecule has 1 fully saturated rings. The van der Waals surface area contributed by atoms with Gasteiger partial charge in [0.2, 0.25) is 5.91 Å². The maximum absolute atomic E-state index is 12.9. The van der Waals surface area contributed by atoms with E-state index in [-0.39, 0.29) is 23.2 Å². The first-order valence-corrected chi connectivity index (χ1v) is 8.68. The van der Waals surface area contributed by atoms with Crippen LogP contribution in [0.1, 0.15) is 31.1 Å². The van der Waals surface area contributed by atoms with E-state index in [2.05, 4.69) is 20.8 Å². The zero-order valence-corrected chi connectivity index (χ0v) is 14.7. The highest BCUT2D eigenvalue weighted by Crippen LogP contribution is 2.28. The van der Waals surface area contributed by atoms with Crippen molar-refractivity contribution < 1.29 is 14.3 Å². The Morgan fingerprint density at radius 3 is 2.70 bits per heavy atom. The molecule has 1 unspecified atom stereocenters. The lowest BCUT2D eigenvalue weighted by Crippen LogP contribution is -2.50. The second-order valence-corrected chi connectivity index (χ2v) is 7.74. The summed E-state index contributed by atoms with van der Waals surface area (Å²) in [7, 11) is 0. The van der Waals surface area contributed by atoms with Crippen molar-refractivity contribution in [2.45, 2.75) is 31.8 Å². The second kappa shape index (κ2) is 7.36. The predicted molar refractivity (Wildman–Crippen MR) is 91.5 cm³/mol. The molecular weight excluding hydrogens is 312 g/mol. The van der Waals surface area contributed by atoms with Crippen LogP contribution in [-0.4, -0.2) is 48.3 Å². The molecular formula is C17H24N2O3S. The Morgan fingerprint density at radius 2 is 2.04 bits per heavy atom. The number of rotatable bonds is 4. The first-order valence-electron chi connectivity index (χ1n) is 7.70. The van der Waals surface area contributed by atoms with Gasteiger partial charge in [0.25, 0.3) is 5.91 Å². The number of hydrogen-bond donors (Lipinski definition) is 1. The Kier molecular flexibility index (Phi) is 5.70. The summed E-state index contributed by atoms with van der Waals surface area (Å²) in [5, 5.41) is 0. The lowest BCUT2D eigenvalue weighted by atomic mass is 9.88. The number of nitrogens with two attached hydrogens (primary N) is 1. The molecule has 1 aliphatic heterocycles. The summed E-state index contributed by atoms with van der Waals surface area (Å²) in [6.07, 6.45) is 0.0191. The summed E-state index contributed by atoms with van der Waals surface area (Å²) < 4.78 is 5.81. The Morgan fingerprint density at radius 1 is 1.35 bits per heavy atom. The van der Waals surface area contributed by atoms with Crippen LogP contribution in [0, 0.1) is 5.41 Å². The third kappa shape index (κ3) is 4.72. The van der Waals surface area contributed by atoms with Gasteiger partial charge in [0.1, 0.15) is 0 Å². The highest BCUT2D eigenvalue weighted by molar-refractivity contribution is 8.00. The van der Waals surface area contributed by atoms with Gasteiger partial charge in [0.05, 0.1) is 24.0 Å². The number of hydrogen-bond acceptors (Lipinski definition) is 4. The number of morpholine rings is 1. The fourth-order valence-electron chi connectivity index (χ4n) is 2.45. The average molecular weight is 336 g/mol. The van der Waals surface area contributed by atoms with E-state index in [0.717, 1.165) is 4.90 Å². The summed E-state index contributed by atoms with van der Waals surface area (Å²) in [6, 6.07) is 7.34. The quantitative estimate of drug-likeness (QED) is 0.855. The van der Waals surface area contributed by atoms with Crippen LogP contribution in [0.5, 0.6) is 0 Å². The van der Waals surface area contributed by atoms with Crippen molar-refractivity contribution >= 4 is 23.6 Å². The third-order valence-corrected chi connectivity index (χ3v) is 4.90. The van der Waals surface area contributed by atoms with E-state index < -0.39 is 5.91 Å². The first-order chi connectivity index (χ1) is 10.8. The Balaban J connectivity index is 2.15. The van der Waals surface area contributed by atoms with Crippen LogP contribution in [0.4, 0.5) is 0 Å². The fraction of sp³-hybridized carbons (Fsp3) is 0.529. The van der Waals surface area contributed by atoms with Crippen molar-refractivity contribution in [2.24, 2.45) is 11.1 Å². The van der Waals surface area contributed by atoms with Crippen LogP contribution >= 0.6 is 11.8 Å². The van der Waals surface area contributed by atoms with Gasteiger partial charge in [0, 0.05) is 18.0 Å². The molecule has 0 spiro atoms. The lowest BCUT2D eigenvalue weighted by molar-refractivity contribution is -0.115. The maximum Gasteiger partial charge on any atom is 0.255 e. The monoisotopic (exact) mass is 336 g/mol. The number of primary amides is 1. The standard InChI is InChI=1S/C17H24N2O3S/c1-17(2,3)14-10-19(8-9-22-14)16(21)12-6-4-5-7-13(12)23-11-15(18)20/h4-7,14H,8-11H2,1-3H3,(H2,18,20). The van der Waals surface area contributed by atoms with Gasteiger partial charge >= 0.3 is 0 Å². The SMILES string of the molecule is CC(C)(C)C1CN(C(=O)c2ccccc2SCC(N)=O)CCO1. The van der Waals surface area contributed by atoms with E-state index in [1.807, 2.05) is 23.1 Å². The molecule has 0 bridgehead atoms. The van der Waals surface area contributed by atoms with Gasteiger partial charge in [0.15, 0.2) is 0 Å². The van der Waals surface area contributed by atoms with Gasteiger partial charge < -0.3 is 15.4 Å². The van der Waals surface area contributed by atoms with Crippen molar-refractivity contribution in [3.05, 3.63) is 29.8 Å². The highest BCUT2D eigenvalue weighted by Gasteiger charge is 2.33. The van der Waals surface area contributed by atoms with Gasteiger partial charge in [-0.3, -0.25) is 9.59 Å². The largest absolute Gasteiger partial charge is 0.374 e. The number of nitrogens with zero attached hydrogens (tertiary/aromatic N) is 1. The smallest absolute Gasteiger partial charge is 0.255 e. The summed E-state index contributed by atoms with van der Waals surface area (Å²) in [5.41, 5.74) is 5.81. The van der Waals surface area contributed by atoms with Crippen LogP contribution in [0.25, 0.3) is 0 Å². The van der Waals surface area contributed by atoms with Crippen LogP contribution in [-0.2, 0) is 9.53 Å². The number of carbonyl (C=O) groups is 2. The normalized spacial score (nSPS) is 18.7. The van der Waals surface area contributed by atoms with Crippen molar-refractivity contribution in [3.8, 4) is 0 Å². The van der Waals surface area contributed by atoms with E-state index in [1.54, 1.807) is 6.07 Å². The number of benzene rings is 1. The van der Waals surface area contributed by atoms with E-state index in [1.165, 1.54) is 11.8 Å². The highest BCUT2D eigenvalue weighted by atomic mass is 32.2. The van der Waals surface area contributed by atoms with Crippen molar-refractivity contribution in [1.82, 2.24) is 4.90 Å². The third-order valence-electron chi connectivity index (χ3n) is 3.81. The van der Waals surface area contributed by atoms with Crippen molar-refractivity contribution in [3.63, 3.8) is 0 Å². The number of ether oxygens (including phenoxy) is 1. The summed E-state index contributed by atoms with van der Waals surface area (Å²) >= 11 is 1.30. The van der Waals surface area contributed by atoms with Gasteiger partial charge in [-0.25, -0.2) is 0 Å². The topological polar surface area (TPSA) is 72.6 Å². The van der Waals surface area contributed by atoms with E-state index in [9.17, 15) is 9.59 Å². The molecule has 1 aliphatic rings. The Labute approximate surface area is 141 Å². The maximum atomic E-state index is 12.9. The molecule has 1 aromatic carbocycles. The van der Waals surface area contributed by atoms with Crippen LogP contribution in [0.15, 0.2) is 29.2 Å². The Bertz CT molecular complexity index is 583. The molecule has 126 valence electrons. The summed E-state index contributed by atoms with van der Waals surface area (Å²) in [4.78, 5) is 26.5. The minimum absolute atomic E-state index is 0.0147. The molecule has 1 aromatic rings. The van der Waals surface area contributed by atoms with E-state index >= 15 is 0 Å². The van der Waals surface area contributed by atoms with Crippen LogP contribution < -0.4 is 5.73 Å². The molecule has 1 saturated heterocycles. The summed E-state index contributed by atoms with van der Waals surface area (Å²) in [6.45, 7) is 8.05. The average Bonchev–Trinajstić information content (AvgIpc) is 2.52. The number of thioether (sulfide) groups is 1. The van der Waals surface area contributed by atoms with Gasteiger partial charge in [-0.1, -0.05) is 32.9 Å². The molecule has 5 nitrogen and oxygen atoms in total. The van der Waals surface area contributed by atoms with E-state index in [4.69, 9.17) is 10.5 Å². The molecule has 0 radical (unpaired) electrons. The van der Waals surface area contributed by atoms with Gasteiger partial charge in [-0.05, 0) is 17.5 Å². The molecule has 2 rings (SSSR count). The minimum Gasteiger partial charge on any atom is -0.374 e. The van der Waals surface area contributed by atoms with Crippen molar-refractivity contribution in [1.29, 1.82) is 0 Å². The predicted octanol–water partition coefficient (Wildman–Crippen LogP) is 2.15. The number of carbonyl (C=O) groups excluding carboxylic acids is 2. The van der Waals surface area contributed by atoms with Gasteiger partial charge in [-0.15, -0.1) is 11.8 Å². The first kappa shape index (κ1) is 17.8. The molecule has 23 heavy (non-hydrogen) atoms. The minimum atomic E-state index is -0.392. The zero-order chi connectivity index (χ0) is 17.0. The van der Waals surface area contributed by atoms with E-state index in [0.29, 0.717) is 25.3 Å². The van der Waals surface area contributed by atoms with Crippen LogP contribution in [0.3, 0.4) is 0 Å². The molecule has 1 heterocycles. The Hall–Kier alpha value is -1.53.